The van der Waals surface area contributed by atoms with E-state index in [4.69, 9.17) is 11.6 Å². The Kier molecular flexibility index (Phi) is 3.74. The van der Waals surface area contributed by atoms with Crippen LogP contribution in [0.1, 0.15) is 38.4 Å². The molecule has 1 aliphatic carbocycles. The van der Waals surface area contributed by atoms with Crippen molar-refractivity contribution < 1.29 is 4.79 Å². The molecule has 1 heterocycles. The van der Waals surface area contributed by atoms with E-state index in [1.807, 2.05) is 36.1 Å². The van der Waals surface area contributed by atoms with Crippen molar-refractivity contribution in [1.82, 2.24) is 10.2 Å². The Morgan fingerprint density at radius 1 is 1.45 bits per heavy atom. The normalized spacial score (nSPS) is 27.9. The molecule has 3 unspecified atom stereocenters. The fourth-order valence-corrected chi connectivity index (χ4v) is 3.25. The summed E-state index contributed by atoms with van der Waals surface area (Å²) < 4.78 is 0. The zero-order valence-electron chi connectivity index (χ0n) is 12.0. The minimum atomic E-state index is -0.120. The van der Waals surface area contributed by atoms with Gasteiger partial charge in [-0.2, -0.15) is 0 Å². The zero-order chi connectivity index (χ0) is 14.3. The number of hydrogen-bond donors (Lipinski definition) is 1. The topological polar surface area (TPSA) is 32.3 Å². The first-order valence-corrected chi connectivity index (χ1v) is 7.76. The quantitative estimate of drug-likeness (QED) is 0.924. The number of nitrogens with zero attached hydrogens (tertiary/aromatic N) is 1. The third-order valence-corrected chi connectivity index (χ3v) is 4.68. The number of carbonyl (C=O) groups is 1. The summed E-state index contributed by atoms with van der Waals surface area (Å²) in [4.78, 5) is 14.4. The van der Waals surface area contributed by atoms with Gasteiger partial charge in [0.15, 0.2) is 0 Å². The molecule has 3 nitrogen and oxygen atoms in total. The molecule has 2 aliphatic rings. The third kappa shape index (κ3) is 2.70. The van der Waals surface area contributed by atoms with Crippen LogP contribution in [-0.2, 0) is 4.79 Å². The van der Waals surface area contributed by atoms with Crippen LogP contribution in [0.15, 0.2) is 24.3 Å². The fraction of sp³-hybridized carbons (Fsp3) is 0.562. The molecule has 0 spiro atoms. The number of hydrogen-bond acceptors (Lipinski definition) is 2. The molecular weight excluding hydrogens is 272 g/mol. The lowest BCUT2D eigenvalue weighted by Gasteiger charge is -2.27. The first kappa shape index (κ1) is 13.9. The second-order valence-electron chi connectivity index (χ2n) is 6.15. The Morgan fingerprint density at radius 2 is 2.20 bits per heavy atom. The highest BCUT2D eigenvalue weighted by Gasteiger charge is 2.39. The van der Waals surface area contributed by atoms with E-state index in [9.17, 15) is 4.79 Å². The summed E-state index contributed by atoms with van der Waals surface area (Å²) in [6.07, 6.45) is 2.58. The molecular formula is C16H21ClN2O. The largest absolute Gasteiger partial charge is 0.321 e. The lowest BCUT2D eigenvalue weighted by Crippen LogP contribution is -2.35. The molecule has 1 aromatic carbocycles. The van der Waals surface area contributed by atoms with Gasteiger partial charge in [0.25, 0.3) is 0 Å². The van der Waals surface area contributed by atoms with Gasteiger partial charge in [-0.3, -0.25) is 10.1 Å². The van der Waals surface area contributed by atoms with E-state index >= 15 is 0 Å². The van der Waals surface area contributed by atoms with Crippen molar-refractivity contribution in [3.8, 4) is 0 Å². The van der Waals surface area contributed by atoms with Gasteiger partial charge in [-0.1, -0.05) is 30.7 Å². The maximum absolute atomic E-state index is 12.4. The van der Waals surface area contributed by atoms with Gasteiger partial charge >= 0.3 is 0 Å². The summed E-state index contributed by atoms with van der Waals surface area (Å²) in [5.74, 6) is 1.58. The summed E-state index contributed by atoms with van der Waals surface area (Å²) in [7, 11) is 0. The zero-order valence-corrected chi connectivity index (χ0v) is 12.7. The molecule has 0 radical (unpaired) electrons. The van der Waals surface area contributed by atoms with Crippen molar-refractivity contribution in [2.45, 2.75) is 38.9 Å². The van der Waals surface area contributed by atoms with E-state index in [-0.39, 0.29) is 18.1 Å². The Labute approximate surface area is 125 Å². The van der Waals surface area contributed by atoms with E-state index in [0.29, 0.717) is 10.9 Å². The number of halogens is 1. The van der Waals surface area contributed by atoms with Crippen molar-refractivity contribution in [3.63, 3.8) is 0 Å². The lowest BCUT2D eigenvalue weighted by molar-refractivity contribution is -0.130. The number of carbonyl (C=O) groups excluding carboxylic acids is 1. The molecule has 4 heteroatoms. The minimum Gasteiger partial charge on any atom is -0.321 e. The molecule has 1 N–H and O–H groups in total. The van der Waals surface area contributed by atoms with Gasteiger partial charge in [-0.15, -0.1) is 0 Å². The van der Waals surface area contributed by atoms with E-state index in [0.717, 1.165) is 18.0 Å². The molecule has 3 rings (SSSR count). The highest BCUT2D eigenvalue weighted by atomic mass is 35.5. The molecule has 1 saturated carbocycles. The molecule has 0 aromatic heterocycles. The smallest absolute Gasteiger partial charge is 0.241 e. The average Bonchev–Trinajstić information content (AvgIpc) is 3.22. The summed E-state index contributed by atoms with van der Waals surface area (Å²) in [5.41, 5.74) is 1.07. The molecule has 20 heavy (non-hydrogen) atoms. The van der Waals surface area contributed by atoms with Gasteiger partial charge in [-0.25, -0.2) is 0 Å². The van der Waals surface area contributed by atoms with Gasteiger partial charge in [-0.05, 0) is 49.3 Å². The first-order chi connectivity index (χ1) is 9.56. The maximum atomic E-state index is 12.4. The van der Waals surface area contributed by atoms with E-state index < -0.39 is 0 Å². The highest BCUT2D eigenvalue weighted by molar-refractivity contribution is 6.30. The summed E-state index contributed by atoms with van der Waals surface area (Å²) in [5, 5.41) is 4.09. The van der Waals surface area contributed by atoms with Crippen molar-refractivity contribution in [3.05, 3.63) is 34.9 Å². The Morgan fingerprint density at radius 3 is 2.85 bits per heavy atom. The molecule has 1 amide bonds. The van der Waals surface area contributed by atoms with Gasteiger partial charge in [0.1, 0.15) is 6.17 Å². The van der Waals surface area contributed by atoms with Crippen molar-refractivity contribution in [2.24, 2.45) is 11.8 Å². The highest BCUT2D eigenvalue weighted by Crippen LogP contribution is 2.38. The number of amides is 1. The third-order valence-electron chi connectivity index (χ3n) is 4.45. The lowest BCUT2D eigenvalue weighted by atomic mass is 10.0. The molecule has 0 bridgehead atoms. The molecule has 2 fully saturated rings. The maximum Gasteiger partial charge on any atom is 0.241 e. The monoisotopic (exact) mass is 292 g/mol. The van der Waals surface area contributed by atoms with Crippen LogP contribution < -0.4 is 5.32 Å². The molecule has 108 valence electrons. The predicted molar refractivity (Wildman–Crippen MR) is 80.4 cm³/mol. The van der Waals surface area contributed by atoms with Crippen LogP contribution in [0.5, 0.6) is 0 Å². The van der Waals surface area contributed by atoms with Gasteiger partial charge in [0.2, 0.25) is 5.91 Å². The van der Waals surface area contributed by atoms with Crippen LogP contribution in [0, 0.1) is 11.8 Å². The SMILES string of the molecule is CC1NC(c2cccc(Cl)c2)N(CC(C)C2CC2)C1=O. The molecule has 1 aromatic rings. The minimum absolute atomic E-state index is 0.0441. The predicted octanol–water partition coefficient (Wildman–Crippen LogP) is 3.21. The summed E-state index contributed by atoms with van der Waals surface area (Å²) in [6, 6.07) is 7.66. The summed E-state index contributed by atoms with van der Waals surface area (Å²) >= 11 is 6.08. The van der Waals surface area contributed by atoms with Gasteiger partial charge < -0.3 is 4.90 Å². The second kappa shape index (κ2) is 5.38. The van der Waals surface area contributed by atoms with Crippen LogP contribution in [0.4, 0.5) is 0 Å². The second-order valence-corrected chi connectivity index (χ2v) is 6.59. The van der Waals surface area contributed by atoms with E-state index in [1.165, 1.54) is 12.8 Å². The van der Waals surface area contributed by atoms with E-state index in [2.05, 4.69) is 12.2 Å². The van der Waals surface area contributed by atoms with Crippen LogP contribution in [0.25, 0.3) is 0 Å². The first-order valence-electron chi connectivity index (χ1n) is 7.38. The molecule has 1 aliphatic heterocycles. The van der Waals surface area contributed by atoms with Crippen LogP contribution in [-0.4, -0.2) is 23.4 Å². The van der Waals surface area contributed by atoms with Crippen molar-refractivity contribution >= 4 is 17.5 Å². The van der Waals surface area contributed by atoms with Crippen LogP contribution in [0.2, 0.25) is 5.02 Å². The van der Waals surface area contributed by atoms with E-state index in [1.54, 1.807) is 0 Å². The van der Waals surface area contributed by atoms with Gasteiger partial charge in [0.05, 0.1) is 6.04 Å². The van der Waals surface area contributed by atoms with Crippen molar-refractivity contribution in [2.75, 3.05) is 6.54 Å². The number of nitrogens with one attached hydrogen (secondary N) is 1. The standard InChI is InChI=1S/C16H21ClN2O/c1-10(12-6-7-12)9-19-15(18-11(2)16(19)20)13-4-3-5-14(17)8-13/h3-5,8,10-12,15,18H,6-7,9H2,1-2H3. The Hall–Kier alpha value is -1.06. The molecule has 1 saturated heterocycles. The Balaban J connectivity index is 1.81. The fourth-order valence-electron chi connectivity index (χ4n) is 3.05. The van der Waals surface area contributed by atoms with Crippen molar-refractivity contribution in [1.29, 1.82) is 0 Å². The molecule has 3 atom stereocenters. The van der Waals surface area contributed by atoms with Crippen LogP contribution >= 0.6 is 11.6 Å². The van der Waals surface area contributed by atoms with Crippen LogP contribution in [0.3, 0.4) is 0 Å². The van der Waals surface area contributed by atoms with Gasteiger partial charge in [0, 0.05) is 11.6 Å². The average molecular weight is 293 g/mol. The Bertz CT molecular complexity index is 515. The number of rotatable bonds is 4. The number of benzene rings is 1. The summed E-state index contributed by atoms with van der Waals surface area (Å²) in [6.45, 7) is 5.02.